The zero-order valence-corrected chi connectivity index (χ0v) is 22.4. The molecule has 4 aliphatic rings. The molecule has 2 N–H and O–H groups in total. The van der Waals surface area contributed by atoms with Crippen LogP contribution in [-0.2, 0) is 34.5 Å². The predicted molar refractivity (Wildman–Crippen MR) is 139 cm³/mol. The highest BCUT2D eigenvalue weighted by Gasteiger charge is 2.57. The Labute approximate surface area is 234 Å². The first-order valence-corrected chi connectivity index (χ1v) is 14.0. The fourth-order valence-electron chi connectivity index (χ4n) is 7.38. The van der Waals surface area contributed by atoms with Crippen LogP contribution in [0.1, 0.15) is 77.6 Å². The maximum Gasteiger partial charge on any atom is 0.416 e. The molecule has 11 heteroatoms. The molecule has 0 unspecified atom stereocenters. The van der Waals surface area contributed by atoms with E-state index in [0.29, 0.717) is 32.5 Å². The largest absolute Gasteiger partial charge is 0.416 e. The van der Waals surface area contributed by atoms with Crippen LogP contribution in [-0.4, -0.2) is 51.8 Å². The summed E-state index contributed by atoms with van der Waals surface area (Å²) >= 11 is 0. The molecular formula is C30H31F4N3O4. The van der Waals surface area contributed by atoms with Gasteiger partial charge in [0.05, 0.1) is 12.1 Å². The molecule has 0 aromatic heterocycles. The number of likely N-dealkylation sites (tertiary alicyclic amines) is 1. The topological polar surface area (TPSA) is 90.0 Å². The minimum absolute atomic E-state index is 0.0928. The number of halogens is 4. The van der Waals surface area contributed by atoms with Crippen LogP contribution in [0.5, 0.6) is 0 Å². The first-order chi connectivity index (χ1) is 19.4. The van der Waals surface area contributed by atoms with Gasteiger partial charge < -0.3 is 10.0 Å². The van der Waals surface area contributed by atoms with Gasteiger partial charge >= 0.3 is 6.18 Å². The van der Waals surface area contributed by atoms with Gasteiger partial charge in [0.1, 0.15) is 17.5 Å². The Bertz CT molecular complexity index is 1400. The highest BCUT2D eigenvalue weighted by Crippen LogP contribution is 2.56. The molecule has 2 saturated heterocycles. The molecule has 1 spiro atoms. The van der Waals surface area contributed by atoms with Gasteiger partial charge in [-0.2, -0.15) is 13.2 Å². The Morgan fingerprint density at radius 1 is 1.00 bits per heavy atom. The Kier molecular flexibility index (Phi) is 6.73. The molecule has 0 bridgehead atoms. The Morgan fingerprint density at radius 2 is 1.71 bits per heavy atom. The molecule has 2 aromatic rings. The fraction of sp³-hybridized carbons (Fsp3) is 0.500. The minimum Gasteiger partial charge on any atom is -0.384 e. The van der Waals surface area contributed by atoms with Gasteiger partial charge in [0, 0.05) is 48.2 Å². The van der Waals surface area contributed by atoms with Crippen molar-refractivity contribution in [2.45, 2.75) is 75.9 Å². The lowest BCUT2D eigenvalue weighted by atomic mass is 9.62. The summed E-state index contributed by atoms with van der Waals surface area (Å²) in [7, 11) is 0. The standard InChI is InChI=1S/C30H31F4N3O4/c31-25-21-16-37(23-9-10-24(38)35-26(23)39)27(40)20(21)7-8-22(25)29(41)13-14-36(17-28(29)11-1-2-12-28)15-18-3-5-19(6-4-18)30(32,33)34/h3-8,23,41H,1-2,9-17H2,(H,35,38,39)/t23-,29-/m1/s1. The molecule has 1 saturated carbocycles. The van der Waals surface area contributed by atoms with Crippen molar-refractivity contribution in [3.8, 4) is 0 Å². The smallest absolute Gasteiger partial charge is 0.384 e. The summed E-state index contributed by atoms with van der Waals surface area (Å²) in [4.78, 5) is 40.5. The maximum absolute atomic E-state index is 16.3. The van der Waals surface area contributed by atoms with Crippen molar-refractivity contribution in [2.75, 3.05) is 13.1 Å². The van der Waals surface area contributed by atoms with Crippen LogP contribution in [0, 0.1) is 11.2 Å². The van der Waals surface area contributed by atoms with Crippen LogP contribution >= 0.6 is 0 Å². The molecular weight excluding hydrogens is 542 g/mol. The fourth-order valence-corrected chi connectivity index (χ4v) is 7.38. The van der Waals surface area contributed by atoms with Gasteiger partial charge in [-0.15, -0.1) is 0 Å². The molecule has 0 radical (unpaired) electrons. The first-order valence-electron chi connectivity index (χ1n) is 14.0. The second-order valence-electron chi connectivity index (χ2n) is 11.9. The van der Waals surface area contributed by atoms with Gasteiger partial charge in [-0.3, -0.25) is 24.6 Å². The van der Waals surface area contributed by atoms with Crippen molar-refractivity contribution in [3.05, 3.63) is 70.0 Å². The Morgan fingerprint density at radius 3 is 2.37 bits per heavy atom. The minimum atomic E-state index is -4.41. The first kappa shape index (κ1) is 27.8. The van der Waals surface area contributed by atoms with E-state index in [2.05, 4.69) is 10.2 Å². The van der Waals surface area contributed by atoms with Crippen LogP contribution < -0.4 is 5.32 Å². The number of alkyl halides is 3. The lowest BCUT2D eigenvalue weighted by Gasteiger charge is -2.53. The van der Waals surface area contributed by atoms with E-state index in [9.17, 15) is 32.7 Å². The number of fused-ring (bicyclic) bond motifs is 1. The van der Waals surface area contributed by atoms with E-state index in [1.54, 1.807) is 0 Å². The number of amides is 3. The normalized spacial score (nSPS) is 26.5. The molecule has 2 atom stereocenters. The summed E-state index contributed by atoms with van der Waals surface area (Å²) in [5, 5.41) is 14.5. The molecule has 3 fully saturated rings. The number of benzene rings is 2. The van der Waals surface area contributed by atoms with E-state index in [-0.39, 0.29) is 42.5 Å². The van der Waals surface area contributed by atoms with Crippen LogP contribution in [0.2, 0.25) is 0 Å². The van der Waals surface area contributed by atoms with Crippen LogP contribution in [0.15, 0.2) is 36.4 Å². The molecule has 1 aliphatic carbocycles. The number of nitrogens with zero attached hydrogens (tertiary/aromatic N) is 2. The van der Waals surface area contributed by atoms with Gasteiger partial charge in [-0.05, 0) is 49.4 Å². The third-order valence-electron chi connectivity index (χ3n) is 9.54. The van der Waals surface area contributed by atoms with E-state index in [1.165, 1.54) is 29.2 Å². The third kappa shape index (κ3) is 4.63. The van der Waals surface area contributed by atoms with Crippen molar-refractivity contribution in [1.29, 1.82) is 0 Å². The van der Waals surface area contributed by atoms with E-state index >= 15 is 4.39 Å². The van der Waals surface area contributed by atoms with E-state index in [1.807, 2.05) is 0 Å². The van der Waals surface area contributed by atoms with Crippen LogP contribution in [0.4, 0.5) is 17.6 Å². The monoisotopic (exact) mass is 573 g/mol. The highest BCUT2D eigenvalue weighted by molar-refractivity contribution is 6.05. The number of imide groups is 1. The van der Waals surface area contributed by atoms with Crippen molar-refractivity contribution < 1.29 is 37.1 Å². The number of nitrogens with one attached hydrogen (secondary N) is 1. The van der Waals surface area contributed by atoms with Crippen molar-refractivity contribution in [3.63, 3.8) is 0 Å². The van der Waals surface area contributed by atoms with Gasteiger partial charge in [-0.1, -0.05) is 31.0 Å². The summed E-state index contributed by atoms with van der Waals surface area (Å²) < 4.78 is 55.3. The zero-order valence-electron chi connectivity index (χ0n) is 22.4. The molecule has 3 aliphatic heterocycles. The van der Waals surface area contributed by atoms with Gasteiger partial charge in [0.2, 0.25) is 11.8 Å². The van der Waals surface area contributed by atoms with Crippen molar-refractivity contribution in [2.24, 2.45) is 5.41 Å². The van der Waals surface area contributed by atoms with Crippen molar-refractivity contribution in [1.82, 2.24) is 15.1 Å². The quantitative estimate of drug-likeness (QED) is 0.422. The maximum atomic E-state index is 16.3. The second kappa shape index (κ2) is 9.90. The van der Waals surface area contributed by atoms with E-state index < -0.39 is 52.3 Å². The number of carbonyl (C=O) groups is 3. The molecule has 3 amide bonds. The summed E-state index contributed by atoms with van der Waals surface area (Å²) in [5.41, 5.74) is -1.69. The van der Waals surface area contributed by atoms with Gasteiger partial charge in [0.25, 0.3) is 5.91 Å². The SMILES string of the molecule is O=C1CC[C@@H](N2Cc3c(ccc([C@]4(O)CCN(Cc5ccc(C(F)(F)F)cc5)CC45CCCC5)c3F)C2=O)C(=O)N1. The predicted octanol–water partition coefficient (Wildman–Crippen LogP) is 4.26. The number of aliphatic hydroxyl groups is 1. The number of carbonyl (C=O) groups excluding carboxylic acids is 3. The lowest BCUT2D eigenvalue weighted by Crippen LogP contribution is -2.57. The molecule has 41 heavy (non-hydrogen) atoms. The summed E-state index contributed by atoms with van der Waals surface area (Å²) in [6, 6.07) is 7.23. The summed E-state index contributed by atoms with van der Waals surface area (Å²) in [6.07, 6.45) is -0.840. The van der Waals surface area contributed by atoms with Crippen LogP contribution in [0.25, 0.3) is 0 Å². The highest BCUT2D eigenvalue weighted by atomic mass is 19.4. The Hall–Kier alpha value is -3.31. The number of piperidine rings is 2. The lowest BCUT2D eigenvalue weighted by molar-refractivity contribution is -0.143. The zero-order chi connectivity index (χ0) is 29.2. The molecule has 218 valence electrons. The molecule has 2 aromatic carbocycles. The van der Waals surface area contributed by atoms with Gasteiger partial charge in [-0.25, -0.2) is 4.39 Å². The average molecular weight is 574 g/mol. The third-order valence-corrected chi connectivity index (χ3v) is 9.54. The van der Waals surface area contributed by atoms with Gasteiger partial charge in [0.15, 0.2) is 0 Å². The van der Waals surface area contributed by atoms with Crippen molar-refractivity contribution >= 4 is 17.7 Å². The van der Waals surface area contributed by atoms with E-state index in [0.717, 1.165) is 30.5 Å². The van der Waals surface area contributed by atoms with Crippen LogP contribution in [0.3, 0.4) is 0 Å². The summed E-state index contributed by atoms with van der Waals surface area (Å²) in [5.74, 6) is -2.10. The number of rotatable bonds is 4. The Balaban J connectivity index is 1.25. The molecule has 6 rings (SSSR count). The second-order valence-corrected chi connectivity index (χ2v) is 11.9. The number of hydrogen-bond acceptors (Lipinski definition) is 5. The average Bonchev–Trinajstić information content (AvgIpc) is 3.52. The van der Waals surface area contributed by atoms with E-state index in [4.69, 9.17) is 0 Å². The summed E-state index contributed by atoms with van der Waals surface area (Å²) in [6.45, 7) is 1.17. The number of hydrogen-bond donors (Lipinski definition) is 2. The molecule has 7 nitrogen and oxygen atoms in total. The molecule has 3 heterocycles.